The maximum atomic E-state index is 5.06. The van der Waals surface area contributed by atoms with Crippen LogP contribution in [-0.4, -0.2) is 21.7 Å². The predicted octanol–water partition coefficient (Wildman–Crippen LogP) is 2.86. The van der Waals surface area contributed by atoms with Crippen molar-refractivity contribution < 1.29 is 4.52 Å². The quantitative estimate of drug-likeness (QED) is 0.688. The molecule has 1 aliphatic rings. The third kappa shape index (κ3) is 1.64. The summed E-state index contributed by atoms with van der Waals surface area (Å²) in [6, 6.07) is 0. The van der Waals surface area contributed by atoms with Gasteiger partial charge in [0.2, 0.25) is 0 Å². The van der Waals surface area contributed by atoms with Crippen molar-refractivity contribution in [2.75, 3.05) is 11.4 Å². The topological polar surface area (TPSA) is 55.1 Å². The van der Waals surface area contributed by atoms with E-state index in [9.17, 15) is 0 Å². The van der Waals surface area contributed by atoms with Crippen LogP contribution in [0.25, 0.3) is 10.2 Å². The minimum atomic E-state index is 0.805. The maximum Gasteiger partial charge on any atom is 0.141 e. The Hall–Kier alpha value is -1.95. The number of aromatic nitrogens is 3. The molecular weight excluding hydrogens is 272 g/mol. The van der Waals surface area contributed by atoms with Gasteiger partial charge in [0.15, 0.2) is 0 Å². The summed E-state index contributed by atoms with van der Waals surface area (Å²) < 4.78 is 5.06. The number of thiophene rings is 1. The predicted molar refractivity (Wildman–Crippen MR) is 78.1 cm³/mol. The van der Waals surface area contributed by atoms with Gasteiger partial charge >= 0.3 is 0 Å². The van der Waals surface area contributed by atoms with E-state index in [1.807, 2.05) is 0 Å². The van der Waals surface area contributed by atoms with Crippen LogP contribution in [0.5, 0.6) is 0 Å². The number of hydrogen-bond donors (Lipinski definition) is 0. The standard InChI is InChI=1S/C14H14N4OS/c1-8-9(2)20-14-12(8)13(15-7-16-14)18-4-3-11-10(5-18)6-19-17-11/h6-7H,3-5H2,1-2H3. The minimum Gasteiger partial charge on any atom is -0.364 e. The summed E-state index contributed by atoms with van der Waals surface area (Å²) in [5.74, 6) is 1.03. The monoisotopic (exact) mass is 286 g/mol. The smallest absolute Gasteiger partial charge is 0.141 e. The lowest BCUT2D eigenvalue weighted by Gasteiger charge is -2.27. The second-order valence-electron chi connectivity index (χ2n) is 5.12. The SMILES string of the molecule is Cc1sc2ncnc(N3CCc4nocc4C3)c2c1C. The van der Waals surface area contributed by atoms with E-state index < -0.39 is 0 Å². The number of rotatable bonds is 1. The Morgan fingerprint density at radius 2 is 2.20 bits per heavy atom. The first-order valence-electron chi connectivity index (χ1n) is 6.62. The molecule has 0 aromatic carbocycles. The van der Waals surface area contributed by atoms with Crippen molar-refractivity contribution in [3.05, 3.63) is 34.3 Å². The zero-order chi connectivity index (χ0) is 13.7. The van der Waals surface area contributed by atoms with E-state index in [2.05, 4.69) is 33.9 Å². The lowest BCUT2D eigenvalue weighted by molar-refractivity contribution is 0.412. The third-order valence-corrected chi connectivity index (χ3v) is 5.07. The molecule has 1 aliphatic heterocycles. The molecule has 0 spiro atoms. The summed E-state index contributed by atoms with van der Waals surface area (Å²) in [5, 5.41) is 5.23. The highest BCUT2D eigenvalue weighted by molar-refractivity contribution is 7.18. The highest BCUT2D eigenvalue weighted by atomic mass is 32.1. The molecule has 0 amide bonds. The number of aryl methyl sites for hydroxylation is 2. The lowest BCUT2D eigenvalue weighted by atomic mass is 10.1. The van der Waals surface area contributed by atoms with Crippen molar-refractivity contribution in [2.24, 2.45) is 0 Å². The molecule has 0 saturated carbocycles. The molecule has 0 bridgehead atoms. The van der Waals surface area contributed by atoms with Crippen LogP contribution in [0, 0.1) is 13.8 Å². The lowest BCUT2D eigenvalue weighted by Crippen LogP contribution is -2.30. The van der Waals surface area contributed by atoms with Crippen LogP contribution in [0.2, 0.25) is 0 Å². The summed E-state index contributed by atoms with van der Waals surface area (Å²) in [6.07, 6.45) is 4.31. The van der Waals surface area contributed by atoms with Gasteiger partial charge < -0.3 is 9.42 Å². The van der Waals surface area contributed by atoms with Gasteiger partial charge in [-0.25, -0.2) is 9.97 Å². The molecule has 20 heavy (non-hydrogen) atoms. The summed E-state index contributed by atoms with van der Waals surface area (Å²) in [6.45, 7) is 6.01. The van der Waals surface area contributed by atoms with E-state index in [1.165, 1.54) is 15.8 Å². The molecule has 0 fully saturated rings. The Morgan fingerprint density at radius 3 is 3.10 bits per heavy atom. The van der Waals surface area contributed by atoms with Crippen LogP contribution in [0.1, 0.15) is 21.7 Å². The number of hydrogen-bond acceptors (Lipinski definition) is 6. The zero-order valence-electron chi connectivity index (χ0n) is 11.4. The minimum absolute atomic E-state index is 0.805. The number of anilines is 1. The first-order valence-corrected chi connectivity index (χ1v) is 7.43. The van der Waals surface area contributed by atoms with Gasteiger partial charge in [-0.3, -0.25) is 0 Å². The van der Waals surface area contributed by atoms with E-state index in [1.54, 1.807) is 23.9 Å². The average Bonchev–Trinajstić information content (AvgIpc) is 3.03. The van der Waals surface area contributed by atoms with Gasteiger partial charge in [0.05, 0.1) is 11.1 Å². The summed E-state index contributed by atoms with van der Waals surface area (Å²) in [7, 11) is 0. The van der Waals surface area contributed by atoms with Gasteiger partial charge in [-0.05, 0) is 19.4 Å². The van der Waals surface area contributed by atoms with Crippen LogP contribution in [0.4, 0.5) is 5.82 Å². The molecule has 0 aliphatic carbocycles. The largest absolute Gasteiger partial charge is 0.364 e. The number of fused-ring (bicyclic) bond motifs is 2. The number of nitrogens with zero attached hydrogens (tertiary/aromatic N) is 4. The molecule has 3 aromatic heterocycles. The fourth-order valence-electron chi connectivity index (χ4n) is 2.72. The molecule has 0 saturated heterocycles. The Balaban J connectivity index is 1.83. The summed E-state index contributed by atoms with van der Waals surface area (Å²) >= 11 is 1.74. The van der Waals surface area contributed by atoms with Crippen LogP contribution in [0.15, 0.2) is 17.1 Å². The highest BCUT2D eigenvalue weighted by Gasteiger charge is 2.23. The molecule has 0 unspecified atom stereocenters. The molecule has 0 atom stereocenters. The molecule has 102 valence electrons. The Kier molecular flexibility index (Phi) is 2.53. The van der Waals surface area contributed by atoms with Gasteiger partial charge in [-0.2, -0.15) is 0 Å². The average molecular weight is 286 g/mol. The molecule has 4 rings (SSSR count). The van der Waals surface area contributed by atoms with Crippen molar-refractivity contribution in [1.29, 1.82) is 0 Å². The van der Waals surface area contributed by atoms with Gasteiger partial charge in [0.1, 0.15) is 23.2 Å². The van der Waals surface area contributed by atoms with Gasteiger partial charge in [0.25, 0.3) is 0 Å². The van der Waals surface area contributed by atoms with Crippen molar-refractivity contribution in [3.8, 4) is 0 Å². The molecule has 0 radical (unpaired) electrons. The molecular formula is C14H14N4OS. The molecule has 6 heteroatoms. The Bertz CT molecular complexity index is 792. The fourth-order valence-corrected chi connectivity index (χ4v) is 3.72. The maximum absolute atomic E-state index is 5.06. The van der Waals surface area contributed by atoms with Gasteiger partial charge in [-0.15, -0.1) is 11.3 Å². The zero-order valence-corrected chi connectivity index (χ0v) is 12.2. The second-order valence-corrected chi connectivity index (χ2v) is 6.32. The first-order chi connectivity index (χ1) is 9.74. The van der Waals surface area contributed by atoms with Gasteiger partial charge in [-0.1, -0.05) is 5.16 Å². The van der Waals surface area contributed by atoms with Crippen LogP contribution < -0.4 is 4.90 Å². The van der Waals surface area contributed by atoms with E-state index in [4.69, 9.17) is 4.52 Å². The van der Waals surface area contributed by atoms with Crippen molar-refractivity contribution in [2.45, 2.75) is 26.8 Å². The molecule has 4 heterocycles. The van der Waals surface area contributed by atoms with E-state index in [0.29, 0.717) is 0 Å². The summed E-state index contributed by atoms with van der Waals surface area (Å²) in [4.78, 5) is 13.6. The fraction of sp³-hybridized carbons (Fsp3) is 0.357. The molecule has 5 nitrogen and oxygen atoms in total. The summed E-state index contributed by atoms with van der Waals surface area (Å²) in [5.41, 5.74) is 3.52. The Labute approximate surface area is 120 Å². The van der Waals surface area contributed by atoms with Crippen LogP contribution in [-0.2, 0) is 13.0 Å². The van der Waals surface area contributed by atoms with Crippen molar-refractivity contribution in [3.63, 3.8) is 0 Å². The third-order valence-electron chi connectivity index (χ3n) is 3.95. The van der Waals surface area contributed by atoms with E-state index >= 15 is 0 Å². The van der Waals surface area contributed by atoms with Gasteiger partial charge in [0, 0.05) is 30.0 Å². The second kappa shape index (κ2) is 4.28. The van der Waals surface area contributed by atoms with Crippen molar-refractivity contribution in [1.82, 2.24) is 15.1 Å². The molecule has 3 aromatic rings. The first kappa shape index (κ1) is 11.8. The highest BCUT2D eigenvalue weighted by Crippen LogP contribution is 2.35. The Morgan fingerprint density at radius 1 is 1.30 bits per heavy atom. The molecule has 0 N–H and O–H groups in total. The van der Waals surface area contributed by atoms with E-state index in [-0.39, 0.29) is 0 Å². The van der Waals surface area contributed by atoms with E-state index in [0.717, 1.165) is 41.4 Å². The van der Waals surface area contributed by atoms with Crippen molar-refractivity contribution >= 4 is 27.4 Å². The van der Waals surface area contributed by atoms with Crippen LogP contribution in [0.3, 0.4) is 0 Å². The normalized spacial score (nSPS) is 14.8. The van der Waals surface area contributed by atoms with Crippen LogP contribution >= 0.6 is 11.3 Å².